The van der Waals surface area contributed by atoms with Crippen LogP contribution in [0, 0.1) is 6.92 Å². The van der Waals surface area contributed by atoms with E-state index in [0.29, 0.717) is 24.2 Å². The van der Waals surface area contributed by atoms with Crippen LogP contribution in [-0.4, -0.2) is 47.7 Å². The molecule has 6 heteroatoms. The van der Waals surface area contributed by atoms with Crippen LogP contribution in [0.1, 0.15) is 61.6 Å². The number of piperidine rings is 1. The largest absolute Gasteiger partial charge is 0.376 e. The number of amides is 1. The summed E-state index contributed by atoms with van der Waals surface area (Å²) in [6.07, 6.45) is 6.91. The van der Waals surface area contributed by atoms with Crippen molar-refractivity contribution in [3.05, 3.63) is 17.5 Å². The average molecular weight is 332 g/mol. The van der Waals surface area contributed by atoms with Crippen molar-refractivity contribution in [1.29, 1.82) is 0 Å². The minimum absolute atomic E-state index is 0.137. The molecule has 2 saturated heterocycles. The van der Waals surface area contributed by atoms with E-state index < -0.39 is 0 Å². The third-order valence-electron chi connectivity index (χ3n) is 4.94. The van der Waals surface area contributed by atoms with Gasteiger partial charge in [0.2, 0.25) is 5.95 Å². The van der Waals surface area contributed by atoms with Gasteiger partial charge in [0, 0.05) is 31.4 Å². The van der Waals surface area contributed by atoms with E-state index in [2.05, 4.69) is 27.1 Å². The first-order chi connectivity index (χ1) is 11.7. The summed E-state index contributed by atoms with van der Waals surface area (Å²) in [7, 11) is 0. The SMILES string of the molecule is CCC1CCCCN1c1nc(C)cc(C(=O)NCC2CCCO2)n1. The van der Waals surface area contributed by atoms with Crippen molar-refractivity contribution >= 4 is 11.9 Å². The van der Waals surface area contributed by atoms with Crippen molar-refractivity contribution < 1.29 is 9.53 Å². The molecule has 0 spiro atoms. The highest BCUT2D eigenvalue weighted by atomic mass is 16.5. The summed E-state index contributed by atoms with van der Waals surface area (Å²) in [6.45, 7) is 6.45. The van der Waals surface area contributed by atoms with Gasteiger partial charge in [0.15, 0.2) is 0 Å². The summed E-state index contributed by atoms with van der Waals surface area (Å²) in [4.78, 5) is 23.9. The second-order valence-electron chi connectivity index (χ2n) is 6.79. The van der Waals surface area contributed by atoms with Gasteiger partial charge in [0.1, 0.15) is 5.69 Å². The Morgan fingerprint density at radius 2 is 2.21 bits per heavy atom. The average Bonchev–Trinajstić information content (AvgIpc) is 3.12. The summed E-state index contributed by atoms with van der Waals surface area (Å²) in [5.74, 6) is 0.561. The molecule has 2 aliphatic rings. The second kappa shape index (κ2) is 7.92. The Morgan fingerprint density at radius 3 is 2.96 bits per heavy atom. The van der Waals surface area contributed by atoms with Crippen molar-refractivity contribution in [1.82, 2.24) is 15.3 Å². The van der Waals surface area contributed by atoms with Crippen LogP contribution in [0.2, 0.25) is 0 Å². The van der Waals surface area contributed by atoms with Gasteiger partial charge in [-0.1, -0.05) is 6.92 Å². The zero-order valence-electron chi connectivity index (χ0n) is 14.8. The molecule has 3 heterocycles. The van der Waals surface area contributed by atoms with Crippen LogP contribution in [0.5, 0.6) is 0 Å². The first-order valence-corrected chi connectivity index (χ1v) is 9.19. The van der Waals surface area contributed by atoms with Gasteiger partial charge in [0.25, 0.3) is 5.91 Å². The van der Waals surface area contributed by atoms with E-state index >= 15 is 0 Å². The molecule has 0 radical (unpaired) electrons. The number of anilines is 1. The Labute approximate surface area is 144 Å². The number of rotatable bonds is 5. The highest BCUT2D eigenvalue weighted by Gasteiger charge is 2.24. The topological polar surface area (TPSA) is 67.4 Å². The number of aryl methyl sites for hydroxylation is 1. The third-order valence-corrected chi connectivity index (χ3v) is 4.94. The van der Waals surface area contributed by atoms with Crippen molar-refractivity contribution in [2.45, 2.75) is 64.5 Å². The lowest BCUT2D eigenvalue weighted by atomic mass is 10.0. The normalized spacial score (nSPS) is 24.2. The lowest BCUT2D eigenvalue weighted by Gasteiger charge is -2.35. The van der Waals surface area contributed by atoms with Crippen LogP contribution < -0.4 is 10.2 Å². The van der Waals surface area contributed by atoms with E-state index in [4.69, 9.17) is 4.74 Å². The van der Waals surface area contributed by atoms with Crippen LogP contribution in [0.4, 0.5) is 5.95 Å². The summed E-state index contributed by atoms with van der Waals surface area (Å²) in [6, 6.07) is 2.24. The number of carbonyl (C=O) groups is 1. The van der Waals surface area contributed by atoms with Gasteiger partial charge >= 0.3 is 0 Å². The summed E-state index contributed by atoms with van der Waals surface area (Å²) >= 11 is 0. The quantitative estimate of drug-likeness (QED) is 0.897. The molecule has 3 rings (SSSR count). The van der Waals surface area contributed by atoms with E-state index in [-0.39, 0.29) is 12.0 Å². The van der Waals surface area contributed by atoms with Gasteiger partial charge in [-0.15, -0.1) is 0 Å². The van der Waals surface area contributed by atoms with Crippen molar-refractivity contribution in [2.75, 3.05) is 24.6 Å². The van der Waals surface area contributed by atoms with Crippen molar-refractivity contribution in [3.8, 4) is 0 Å². The Bertz CT molecular complexity index is 572. The van der Waals surface area contributed by atoms with Crippen LogP contribution in [0.3, 0.4) is 0 Å². The van der Waals surface area contributed by atoms with Gasteiger partial charge in [-0.25, -0.2) is 9.97 Å². The number of hydrogen-bond acceptors (Lipinski definition) is 5. The molecular weight excluding hydrogens is 304 g/mol. The molecule has 1 aromatic rings. The number of aromatic nitrogens is 2. The predicted octanol–water partition coefficient (Wildman–Crippen LogP) is 2.46. The monoisotopic (exact) mass is 332 g/mol. The molecule has 1 N–H and O–H groups in total. The van der Waals surface area contributed by atoms with Crippen LogP contribution in [0.25, 0.3) is 0 Å². The number of nitrogens with one attached hydrogen (secondary N) is 1. The van der Waals surface area contributed by atoms with Gasteiger partial charge in [-0.2, -0.15) is 0 Å². The Kier molecular flexibility index (Phi) is 5.66. The van der Waals surface area contributed by atoms with E-state index in [1.807, 2.05) is 6.92 Å². The fourth-order valence-corrected chi connectivity index (χ4v) is 3.59. The molecule has 24 heavy (non-hydrogen) atoms. The standard InChI is InChI=1S/C18H28N4O2/c1-3-14-7-4-5-9-22(14)18-20-13(2)11-16(21-18)17(23)19-12-15-8-6-10-24-15/h11,14-15H,3-10,12H2,1-2H3,(H,19,23). The predicted molar refractivity (Wildman–Crippen MR) is 93.4 cm³/mol. The second-order valence-corrected chi connectivity index (χ2v) is 6.79. The van der Waals surface area contributed by atoms with E-state index in [9.17, 15) is 4.79 Å². The summed E-state index contributed by atoms with van der Waals surface area (Å²) in [5.41, 5.74) is 1.29. The number of ether oxygens (including phenoxy) is 1. The minimum Gasteiger partial charge on any atom is -0.376 e. The Morgan fingerprint density at radius 1 is 1.33 bits per heavy atom. The van der Waals surface area contributed by atoms with Crippen LogP contribution in [0.15, 0.2) is 6.07 Å². The number of nitrogens with zero attached hydrogens (tertiary/aromatic N) is 3. The Hall–Kier alpha value is -1.69. The maximum atomic E-state index is 12.5. The minimum atomic E-state index is -0.137. The molecule has 1 amide bonds. The van der Waals surface area contributed by atoms with E-state index in [0.717, 1.165) is 44.5 Å². The molecule has 2 atom stereocenters. The molecule has 0 aromatic carbocycles. The van der Waals surface area contributed by atoms with Gasteiger partial charge < -0.3 is 15.0 Å². The van der Waals surface area contributed by atoms with Gasteiger partial charge in [-0.3, -0.25) is 4.79 Å². The smallest absolute Gasteiger partial charge is 0.270 e. The fourth-order valence-electron chi connectivity index (χ4n) is 3.59. The maximum Gasteiger partial charge on any atom is 0.270 e. The molecule has 132 valence electrons. The maximum absolute atomic E-state index is 12.5. The van der Waals surface area contributed by atoms with Gasteiger partial charge in [-0.05, 0) is 51.5 Å². The summed E-state index contributed by atoms with van der Waals surface area (Å²) in [5, 5.41) is 2.95. The van der Waals surface area contributed by atoms with Crippen LogP contribution in [-0.2, 0) is 4.74 Å². The number of carbonyl (C=O) groups excluding carboxylic acids is 1. The highest BCUT2D eigenvalue weighted by molar-refractivity contribution is 5.92. The zero-order valence-corrected chi connectivity index (χ0v) is 14.8. The third kappa shape index (κ3) is 4.04. The molecular formula is C18H28N4O2. The van der Waals surface area contributed by atoms with Crippen molar-refractivity contribution in [3.63, 3.8) is 0 Å². The molecule has 2 unspecified atom stereocenters. The van der Waals surface area contributed by atoms with E-state index in [1.54, 1.807) is 6.07 Å². The first kappa shape index (κ1) is 17.1. The lowest BCUT2D eigenvalue weighted by molar-refractivity contribution is 0.0853. The molecule has 0 aliphatic carbocycles. The molecule has 1 aromatic heterocycles. The van der Waals surface area contributed by atoms with Crippen LogP contribution >= 0.6 is 0 Å². The fraction of sp³-hybridized carbons (Fsp3) is 0.722. The van der Waals surface area contributed by atoms with Crippen molar-refractivity contribution in [2.24, 2.45) is 0 Å². The molecule has 0 saturated carbocycles. The molecule has 2 aliphatic heterocycles. The zero-order chi connectivity index (χ0) is 16.9. The molecule has 6 nitrogen and oxygen atoms in total. The van der Waals surface area contributed by atoms with Gasteiger partial charge in [0.05, 0.1) is 6.10 Å². The molecule has 0 bridgehead atoms. The highest BCUT2D eigenvalue weighted by Crippen LogP contribution is 2.24. The lowest BCUT2D eigenvalue weighted by Crippen LogP contribution is -2.41. The molecule has 2 fully saturated rings. The summed E-state index contributed by atoms with van der Waals surface area (Å²) < 4.78 is 5.55. The Balaban J connectivity index is 1.71. The van der Waals surface area contributed by atoms with E-state index in [1.165, 1.54) is 12.8 Å². The first-order valence-electron chi connectivity index (χ1n) is 9.19. The number of hydrogen-bond donors (Lipinski definition) is 1.